The van der Waals surface area contributed by atoms with Crippen molar-refractivity contribution >= 4 is 11.5 Å². The van der Waals surface area contributed by atoms with Gasteiger partial charge in [-0.2, -0.15) is 0 Å². The Balaban J connectivity index is 2.17. The summed E-state index contributed by atoms with van der Waals surface area (Å²) in [5.41, 5.74) is 3.95. The second-order valence-corrected chi connectivity index (χ2v) is 4.89. The SMILES string of the molecule is CCN(Cc1cccc(C)n1)c1ccc(C(C)=O)cc1. The second-order valence-electron chi connectivity index (χ2n) is 4.89. The topological polar surface area (TPSA) is 33.2 Å². The summed E-state index contributed by atoms with van der Waals surface area (Å²) in [6.45, 7) is 7.38. The second kappa shape index (κ2) is 6.33. The summed E-state index contributed by atoms with van der Waals surface area (Å²) < 4.78 is 0. The van der Waals surface area contributed by atoms with Crippen LogP contribution in [0.25, 0.3) is 0 Å². The first kappa shape index (κ1) is 14.3. The lowest BCUT2D eigenvalue weighted by Crippen LogP contribution is -2.22. The van der Waals surface area contributed by atoms with Gasteiger partial charge in [0.05, 0.1) is 12.2 Å². The molecule has 0 amide bonds. The zero-order valence-corrected chi connectivity index (χ0v) is 12.3. The van der Waals surface area contributed by atoms with Crippen molar-refractivity contribution in [1.82, 2.24) is 4.98 Å². The molecule has 0 N–H and O–H groups in total. The third-order valence-corrected chi connectivity index (χ3v) is 3.32. The molecule has 0 aliphatic rings. The van der Waals surface area contributed by atoms with Crippen molar-refractivity contribution in [3.8, 4) is 0 Å². The Morgan fingerprint density at radius 3 is 2.40 bits per heavy atom. The van der Waals surface area contributed by atoms with Crippen LogP contribution in [0.2, 0.25) is 0 Å². The van der Waals surface area contributed by atoms with Gasteiger partial charge in [-0.1, -0.05) is 6.07 Å². The van der Waals surface area contributed by atoms with Gasteiger partial charge in [0, 0.05) is 23.5 Å². The summed E-state index contributed by atoms with van der Waals surface area (Å²) in [5.74, 6) is 0.0972. The van der Waals surface area contributed by atoms with Gasteiger partial charge in [0.2, 0.25) is 0 Å². The number of carbonyl (C=O) groups is 1. The fourth-order valence-corrected chi connectivity index (χ4v) is 2.18. The van der Waals surface area contributed by atoms with Gasteiger partial charge >= 0.3 is 0 Å². The summed E-state index contributed by atoms with van der Waals surface area (Å²) in [5, 5.41) is 0. The highest BCUT2D eigenvalue weighted by molar-refractivity contribution is 5.94. The number of benzene rings is 1. The molecule has 0 aliphatic heterocycles. The van der Waals surface area contributed by atoms with Crippen molar-refractivity contribution in [3.63, 3.8) is 0 Å². The zero-order chi connectivity index (χ0) is 14.5. The van der Waals surface area contributed by atoms with Crippen molar-refractivity contribution in [1.29, 1.82) is 0 Å². The fourth-order valence-electron chi connectivity index (χ4n) is 2.18. The van der Waals surface area contributed by atoms with Crippen LogP contribution in [0.5, 0.6) is 0 Å². The predicted octanol–water partition coefficient (Wildman–Crippen LogP) is 3.62. The Bertz CT molecular complexity index is 590. The Morgan fingerprint density at radius 1 is 1.15 bits per heavy atom. The molecular formula is C17H20N2O. The molecule has 0 bridgehead atoms. The molecule has 0 spiro atoms. The average Bonchev–Trinajstić information content (AvgIpc) is 2.45. The third kappa shape index (κ3) is 3.44. The van der Waals surface area contributed by atoms with Crippen LogP contribution in [0, 0.1) is 6.92 Å². The number of anilines is 1. The van der Waals surface area contributed by atoms with E-state index in [4.69, 9.17) is 0 Å². The first-order chi connectivity index (χ1) is 9.60. The monoisotopic (exact) mass is 268 g/mol. The number of hydrogen-bond donors (Lipinski definition) is 0. The van der Waals surface area contributed by atoms with Gasteiger partial charge in [-0.05, 0) is 57.2 Å². The lowest BCUT2D eigenvalue weighted by molar-refractivity contribution is 0.101. The molecule has 0 fully saturated rings. The Kier molecular flexibility index (Phi) is 4.51. The molecule has 104 valence electrons. The fraction of sp³-hybridized carbons (Fsp3) is 0.294. The largest absolute Gasteiger partial charge is 0.366 e. The summed E-state index contributed by atoms with van der Waals surface area (Å²) in [6.07, 6.45) is 0. The number of hydrogen-bond acceptors (Lipinski definition) is 3. The van der Waals surface area contributed by atoms with Crippen LogP contribution in [0.3, 0.4) is 0 Å². The van der Waals surface area contributed by atoms with E-state index in [1.54, 1.807) is 6.92 Å². The van der Waals surface area contributed by atoms with E-state index in [0.29, 0.717) is 0 Å². The molecule has 3 heteroatoms. The van der Waals surface area contributed by atoms with E-state index in [9.17, 15) is 4.79 Å². The molecule has 0 atom stereocenters. The minimum atomic E-state index is 0.0972. The number of carbonyl (C=O) groups excluding carboxylic acids is 1. The van der Waals surface area contributed by atoms with Crippen LogP contribution in [-0.2, 0) is 6.54 Å². The van der Waals surface area contributed by atoms with Gasteiger partial charge in [0.15, 0.2) is 5.78 Å². The molecule has 0 saturated heterocycles. The van der Waals surface area contributed by atoms with Crippen LogP contribution in [0.1, 0.15) is 35.6 Å². The molecule has 20 heavy (non-hydrogen) atoms. The quantitative estimate of drug-likeness (QED) is 0.776. The molecule has 1 aromatic heterocycles. The highest BCUT2D eigenvalue weighted by atomic mass is 16.1. The number of ketones is 1. The molecule has 2 aromatic rings. The smallest absolute Gasteiger partial charge is 0.159 e. The first-order valence-corrected chi connectivity index (χ1v) is 6.88. The van der Waals surface area contributed by atoms with E-state index in [1.165, 1.54) is 0 Å². The maximum absolute atomic E-state index is 11.3. The summed E-state index contributed by atoms with van der Waals surface area (Å²) in [6, 6.07) is 13.8. The van der Waals surface area contributed by atoms with E-state index < -0.39 is 0 Å². The summed E-state index contributed by atoms with van der Waals surface area (Å²) >= 11 is 0. The Morgan fingerprint density at radius 2 is 1.85 bits per heavy atom. The van der Waals surface area contributed by atoms with E-state index in [0.717, 1.165) is 35.7 Å². The van der Waals surface area contributed by atoms with Crippen molar-refractivity contribution in [2.75, 3.05) is 11.4 Å². The minimum absolute atomic E-state index is 0.0972. The lowest BCUT2D eigenvalue weighted by Gasteiger charge is -2.23. The highest BCUT2D eigenvalue weighted by Gasteiger charge is 2.07. The Labute approximate surface area is 120 Å². The molecule has 0 radical (unpaired) electrons. The van der Waals surface area contributed by atoms with Gasteiger partial charge < -0.3 is 4.90 Å². The number of rotatable bonds is 5. The van der Waals surface area contributed by atoms with Gasteiger partial charge in [0.25, 0.3) is 0 Å². The van der Waals surface area contributed by atoms with Crippen LogP contribution in [0.4, 0.5) is 5.69 Å². The molecule has 2 rings (SSSR count). The minimum Gasteiger partial charge on any atom is -0.366 e. The average molecular weight is 268 g/mol. The number of aryl methyl sites for hydroxylation is 1. The van der Waals surface area contributed by atoms with Crippen LogP contribution < -0.4 is 4.90 Å². The Hall–Kier alpha value is -2.16. The van der Waals surface area contributed by atoms with Crippen LogP contribution >= 0.6 is 0 Å². The standard InChI is InChI=1S/C17H20N2O/c1-4-19(12-16-7-5-6-13(2)18-16)17-10-8-15(9-11-17)14(3)20/h5-11H,4,12H2,1-3H3. The molecule has 3 nitrogen and oxygen atoms in total. The maximum atomic E-state index is 11.3. The summed E-state index contributed by atoms with van der Waals surface area (Å²) in [7, 11) is 0. The van der Waals surface area contributed by atoms with E-state index in [1.807, 2.05) is 49.4 Å². The number of nitrogens with zero attached hydrogens (tertiary/aromatic N) is 2. The van der Waals surface area contributed by atoms with E-state index in [2.05, 4.69) is 16.8 Å². The number of Topliss-reactive ketones (excluding diaryl/α,β-unsaturated/α-hetero) is 1. The molecule has 0 saturated carbocycles. The zero-order valence-electron chi connectivity index (χ0n) is 12.3. The van der Waals surface area contributed by atoms with E-state index >= 15 is 0 Å². The highest BCUT2D eigenvalue weighted by Crippen LogP contribution is 2.17. The summed E-state index contributed by atoms with van der Waals surface area (Å²) in [4.78, 5) is 18.1. The molecule has 1 heterocycles. The number of pyridine rings is 1. The van der Waals surface area contributed by atoms with Crippen molar-refractivity contribution in [2.24, 2.45) is 0 Å². The molecule has 0 aliphatic carbocycles. The van der Waals surface area contributed by atoms with Gasteiger partial charge in [-0.3, -0.25) is 9.78 Å². The van der Waals surface area contributed by atoms with Crippen molar-refractivity contribution < 1.29 is 4.79 Å². The van der Waals surface area contributed by atoms with Gasteiger partial charge in [-0.25, -0.2) is 0 Å². The predicted molar refractivity (Wildman–Crippen MR) is 82.1 cm³/mol. The number of aromatic nitrogens is 1. The van der Waals surface area contributed by atoms with Gasteiger partial charge in [0.1, 0.15) is 0 Å². The normalized spacial score (nSPS) is 10.3. The first-order valence-electron chi connectivity index (χ1n) is 6.88. The molecular weight excluding hydrogens is 248 g/mol. The molecule has 1 aromatic carbocycles. The lowest BCUT2D eigenvalue weighted by atomic mass is 10.1. The molecule has 0 unspecified atom stereocenters. The third-order valence-electron chi connectivity index (χ3n) is 3.32. The van der Waals surface area contributed by atoms with Crippen molar-refractivity contribution in [2.45, 2.75) is 27.3 Å². The van der Waals surface area contributed by atoms with Gasteiger partial charge in [-0.15, -0.1) is 0 Å². The maximum Gasteiger partial charge on any atom is 0.159 e. The van der Waals surface area contributed by atoms with E-state index in [-0.39, 0.29) is 5.78 Å². The van der Waals surface area contributed by atoms with Crippen molar-refractivity contribution in [3.05, 3.63) is 59.4 Å². The van der Waals surface area contributed by atoms with Crippen LogP contribution in [0.15, 0.2) is 42.5 Å². The van der Waals surface area contributed by atoms with Crippen LogP contribution in [-0.4, -0.2) is 17.3 Å².